The van der Waals surface area contributed by atoms with Crippen LogP contribution in [-0.4, -0.2) is 31.6 Å². The SMILES string of the molecule is Cc1ccccc1N1CCNC(=O)C1CN. The van der Waals surface area contributed by atoms with Gasteiger partial charge in [-0.05, 0) is 18.6 Å². The van der Waals surface area contributed by atoms with Gasteiger partial charge in [0.1, 0.15) is 6.04 Å². The molecule has 1 aromatic rings. The van der Waals surface area contributed by atoms with E-state index in [9.17, 15) is 4.79 Å². The molecule has 2 rings (SSSR count). The van der Waals surface area contributed by atoms with Gasteiger partial charge in [-0.15, -0.1) is 0 Å². The first-order valence-corrected chi connectivity index (χ1v) is 5.54. The maximum absolute atomic E-state index is 11.7. The topological polar surface area (TPSA) is 58.4 Å². The molecule has 4 heteroatoms. The number of rotatable bonds is 2. The molecule has 1 amide bonds. The van der Waals surface area contributed by atoms with Gasteiger partial charge in [0.25, 0.3) is 0 Å². The van der Waals surface area contributed by atoms with Crippen molar-refractivity contribution in [2.45, 2.75) is 13.0 Å². The number of carbonyl (C=O) groups excluding carboxylic acids is 1. The lowest BCUT2D eigenvalue weighted by atomic mass is 10.1. The summed E-state index contributed by atoms with van der Waals surface area (Å²) in [6.45, 7) is 3.90. The molecular formula is C12H17N3O. The Morgan fingerprint density at radius 2 is 2.25 bits per heavy atom. The predicted octanol–water partition coefficient (Wildman–Crippen LogP) is 0.259. The maximum Gasteiger partial charge on any atom is 0.244 e. The zero-order valence-electron chi connectivity index (χ0n) is 9.44. The molecule has 1 heterocycles. The van der Waals surface area contributed by atoms with Crippen LogP contribution in [0.3, 0.4) is 0 Å². The lowest BCUT2D eigenvalue weighted by Gasteiger charge is -2.36. The Kier molecular flexibility index (Phi) is 3.10. The van der Waals surface area contributed by atoms with Crippen LogP contribution in [0.5, 0.6) is 0 Å². The van der Waals surface area contributed by atoms with E-state index in [-0.39, 0.29) is 11.9 Å². The number of anilines is 1. The molecule has 0 saturated carbocycles. The summed E-state index contributed by atoms with van der Waals surface area (Å²) in [6, 6.07) is 7.84. The van der Waals surface area contributed by atoms with Crippen LogP contribution in [0.4, 0.5) is 5.69 Å². The molecule has 1 aliphatic rings. The molecule has 0 radical (unpaired) electrons. The highest BCUT2D eigenvalue weighted by atomic mass is 16.2. The minimum Gasteiger partial charge on any atom is -0.357 e. The first kappa shape index (κ1) is 11.0. The summed E-state index contributed by atoms with van der Waals surface area (Å²) in [5, 5.41) is 2.84. The molecule has 0 bridgehead atoms. The van der Waals surface area contributed by atoms with Crippen molar-refractivity contribution in [1.29, 1.82) is 0 Å². The third kappa shape index (κ3) is 1.88. The number of nitrogens with zero attached hydrogens (tertiary/aromatic N) is 1. The Morgan fingerprint density at radius 1 is 1.50 bits per heavy atom. The third-order valence-electron chi connectivity index (χ3n) is 2.98. The molecular weight excluding hydrogens is 202 g/mol. The third-order valence-corrected chi connectivity index (χ3v) is 2.98. The van der Waals surface area contributed by atoms with Crippen molar-refractivity contribution in [3.63, 3.8) is 0 Å². The first-order valence-electron chi connectivity index (χ1n) is 5.54. The van der Waals surface area contributed by atoms with E-state index in [0.29, 0.717) is 13.1 Å². The summed E-state index contributed by atoms with van der Waals surface area (Å²) >= 11 is 0. The molecule has 1 atom stereocenters. The quantitative estimate of drug-likeness (QED) is 0.750. The second-order valence-electron chi connectivity index (χ2n) is 4.02. The number of nitrogens with one attached hydrogen (secondary N) is 1. The standard InChI is InChI=1S/C12H17N3O/c1-9-4-2-3-5-10(9)15-7-6-14-12(16)11(15)8-13/h2-5,11H,6-8,13H2,1H3,(H,14,16). The first-order chi connectivity index (χ1) is 7.74. The molecule has 3 N–H and O–H groups in total. The Balaban J connectivity index is 2.31. The Labute approximate surface area is 95.4 Å². The van der Waals surface area contributed by atoms with Crippen molar-refractivity contribution < 1.29 is 4.79 Å². The van der Waals surface area contributed by atoms with Crippen LogP contribution in [0.1, 0.15) is 5.56 Å². The van der Waals surface area contributed by atoms with E-state index in [2.05, 4.69) is 23.2 Å². The lowest BCUT2D eigenvalue weighted by molar-refractivity contribution is -0.123. The molecule has 16 heavy (non-hydrogen) atoms. The molecule has 1 aromatic carbocycles. The lowest BCUT2D eigenvalue weighted by Crippen LogP contribution is -2.58. The number of hydrogen-bond donors (Lipinski definition) is 2. The monoisotopic (exact) mass is 219 g/mol. The van der Waals surface area contributed by atoms with Gasteiger partial charge in [0.2, 0.25) is 5.91 Å². The number of nitrogens with two attached hydrogens (primary N) is 1. The average molecular weight is 219 g/mol. The Morgan fingerprint density at radius 3 is 2.94 bits per heavy atom. The largest absolute Gasteiger partial charge is 0.357 e. The minimum absolute atomic E-state index is 0.0250. The summed E-state index contributed by atoms with van der Waals surface area (Å²) in [6.07, 6.45) is 0. The van der Waals surface area contributed by atoms with Crippen molar-refractivity contribution in [3.05, 3.63) is 29.8 Å². The van der Waals surface area contributed by atoms with Crippen LogP contribution in [0.15, 0.2) is 24.3 Å². The van der Waals surface area contributed by atoms with E-state index >= 15 is 0 Å². The minimum atomic E-state index is -0.241. The molecule has 1 aliphatic heterocycles. The summed E-state index contributed by atoms with van der Waals surface area (Å²) < 4.78 is 0. The molecule has 1 saturated heterocycles. The van der Waals surface area contributed by atoms with Crippen molar-refractivity contribution in [2.24, 2.45) is 5.73 Å². The molecule has 0 spiro atoms. The van der Waals surface area contributed by atoms with Gasteiger partial charge < -0.3 is 16.0 Å². The van der Waals surface area contributed by atoms with Crippen molar-refractivity contribution >= 4 is 11.6 Å². The van der Waals surface area contributed by atoms with Crippen LogP contribution >= 0.6 is 0 Å². The molecule has 1 unspecified atom stereocenters. The summed E-state index contributed by atoms with van der Waals surface area (Å²) in [5.41, 5.74) is 7.95. The second kappa shape index (κ2) is 4.53. The average Bonchev–Trinajstić information content (AvgIpc) is 2.29. The highest BCUT2D eigenvalue weighted by molar-refractivity contribution is 5.87. The zero-order valence-corrected chi connectivity index (χ0v) is 9.44. The van der Waals surface area contributed by atoms with Crippen molar-refractivity contribution in [3.8, 4) is 0 Å². The van der Waals surface area contributed by atoms with Gasteiger partial charge in [-0.1, -0.05) is 18.2 Å². The number of piperazine rings is 1. The van der Waals surface area contributed by atoms with Gasteiger partial charge in [0.05, 0.1) is 0 Å². The molecule has 1 fully saturated rings. The van der Waals surface area contributed by atoms with Crippen molar-refractivity contribution in [1.82, 2.24) is 5.32 Å². The van der Waals surface area contributed by atoms with E-state index in [1.807, 2.05) is 18.2 Å². The number of benzene rings is 1. The van der Waals surface area contributed by atoms with Crippen LogP contribution in [0.2, 0.25) is 0 Å². The number of carbonyl (C=O) groups is 1. The van der Waals surface area contributed by atoms with E-state index < -0.39 is 0 Å². The van der Waals surface area contributed by atoms with E-state index in [1.54, 1.807) is 0 Å². The molecule has 4 nitrogen and oxygen atoms in total. The fourth-order valence-electron chi connectivity index (χ4n) is 2.12. The van der Waals surface area contributed by atoms with Crippen LogP contribution in [0.25, 0.3) is 0 Å². The molecule has 86 valence electrons. The van der Waals surface area contributed by atoms with Gasteiger partial charge >= 0.3 is 0 Å². The molecule has 0 aromatic heterocycles. The highest BCUT2D eigenvalue weighted by Crippen LogP contribution is 2.22. The fraction of sp³-hybridized carbons (Fsp3) is 0.417. The van der Waals surface area contributed by atoms with E-state index in [4.69, 9.17) is 5.73 Å². The fourth-order valence-corrected chi connectivity index (χ4v) is 2.12. The highest BCUT2D eigenvalue weighted by Gasteiger charge is 2.28. The van der Waals surface area contributed by atoms with Crippen LogP contribution in [0, 0.1) is 6.92 Å². The summed E-state index contributed by atoms with van der Waals surface area (Å²) in [7, 11) is 0. The van der Waals surface area contributed by atoms with Gasteiger partial charge in [0.15, 0.2) is 0 Å². The molecule has 0 aliphatic carbocycles. The second-order valence-corrected chi connectivity index (χ2v) is 4.02. The number of para-hydroxylation sites is 1. The zero-order chi connectivity index (χ0) is 11.5. The van der Waals surface area contributed by atoms with Crippen molar-refractivity contribution in [2.75, 3.05) is 24.5 Å². The van der Waals surface area contributed by atoms with Crippen LogP contribution < -0.4 is 16.0 Å². The number of amides is 1. The van der Waals surface area contributed by atoms with Gasteiger partial charge in [-0.25, -0.2) is 0 Å². The van der Waals surface area contributed by atoms with Gasteiger partial charge in [0, 0.05) is 25.3 Å². The maximum atomic E-state index is 11.7. The van der Waals surface area contributed by atoms with Gasteiger partial charge in [-0.3, -0.25) is 4.79 Å². The van der Waals surface area contributed by atoms with E-state index in [0.717, 1.165) is 12.2 Å². The number of aryl methyl sites for hydroxylation is 1. The number of hydrogen-bond acceptors (Lipinski definition) is 3. The van der Waals surface area contributed by atoms with Gasteiger partial charge in [-0.2, -0.15) is 0 Å². The smallest absolute Gasteiger partial charge is 0.244 e. The normalized spacial score (nSPS) is 20.8. The summed E-state index contributed by atoms with van der Waals surface area (Å²) in [5.74, 6) is 0.0250. The Hall–Kier alpha value is -1.55. The Bertz CT molecular complexity index is 392. The van der Waals surface area contributed by atoms with E-state index in [1.165, 1.54) is 5.56 Å². The summed E-state index contributed by atoms with van der Waals surface area (Å²) in [4.78, 5) is 13.8. The van der Waals surface area contributed by atoms with Crippen LogP contribution in [-0.2, 0) is 4.79 Å². The predicted molar refractivity (Wildman–Crippen MR) is 64.4 cm³/mol.